The summed E-state index contributed by atoms with van der Waals surface area (Å²) < 4.78 is 66.5. The number of phenols is 8. The zero-order valence-corrected chi connectivity index (χ0v) is 47.2. The highest BCUT2D eigenvalue weighted by atomic mass is 16.6. The Morgan fingerprint density at radius 3 is 0.537 bits per heavy atom. The zero-order chi connectivity index (χ0) is 57.5. The van der Waals surface area contributed by atoms with Crippen molar-refractivity contribution in [2.45, 2.75) is 75.0 Å². The van der Waals surface area contributed by atoms with E-state index in [1.54, 1.807) is 52.7 Å². The highest BCUT2D eigenvalue weighted by Crippen LogP contribution is 2.52. The van der Waals surface area contributed by atoms with Gasteiger partial charge in [-0.2, -0.15) is 0 Å². The molecule has 0 radical (unpaired) electrons. The average molecular weight is 1130 g/mol. The minimum Gasteiger partial charge on any atom is -0.508 e. The fraction of sp³-hybridized carbons (Fsp3) is 0.600. The van der Waals surface area contributed by atoms with Crippen LogP contribution >= 0.6 is 0 Å². The van der Waals surface area contributed by atoms with Crippen molar-refractivity contribution in [3.05, 3.63) is 93.0 Å². The molecule has 0 aromatic heterocycles. The molecular formula is C60H88O20. The monoisotopic (exact) mass is 1130 g/mol. The van der Waals surface area contributed by atoms with Gasteiger partial charge in [0.15, 0.2) is 0 Å². The summed E-state index contributed by atoms with van der Waals surface area (Å²) in [6.45, 7) is 7.22. The fourth-order valence-electron chi connectivity index (χ4n) is 10.0. The first-order valence-corrected chi connectivity index (χ1v) is 27.8. The van der Waals surface area contributed by atoms with E-state index in [1.807, 2.05) is 0 Å². The van der Waals surface area contributed by atoms with E-state index in [1.165, 1.54) is 24.3 Å². The summed E-state index contributed by atoms with van der Waals surface area (Å²) in [6, 6.07) is 11.7. The van der Waals surface area contributed by atoms with Crippen LogP contribution in [0.15, 0.2) is 48.5 Å². The lowest BCUT2D eigenvalue weighted by molar-refractivity contribution is 0.0238. The minimum absolute atomic E-state index is 0.269. The second kappa shape index (κ2) is 37.0. The predicted octanol–water partition coefficient (Wildman–Crippen LogP) is 8.01. The molecule has 0 fully saturated rings. The third kappa shape index (κ3) is 20.7. The molecule has 5 rings (SSSR count). The van der Waals surface area contributed by atoms with Crippen LogP contribution < -0.4 is 0 Å². The molecule has 0 spiro atoms. The maximum atomic E-state index is 12.0. The number of methoxy groups -OCH3 is 4. The molecule has 1 aliphatic carbocycles. The lowest BCUT2D eigenvalue weighted by Crippen LogP contribution is -2.13. The second-order valence-corrected chi connectivity index (χ2v) is 19.5. The van der Waals surface area contributed by atoms with E-state index in [-0.39, 0.29) is 72.4 Å². The topological polar surface area (TPSA) is 273 Å². The molecule has 0 atom stereocenters. The van der Waals surface area contributed by atoms with Gasteiger partial charge in [0.1, 0.15) is 46.0 Å². The summed E-state index contributed by atoms with van der Waals surface area (Å²) in [5, 5.41) is 95.9. The fourth-order valence-corrected chi connectivity index (χ4v) is 10.0. The molecule has 4 aromatic rings. The van der Waals surface area contributed by atoms with E-state index in [0.717, 1.165) is 0 Å². The van der Waals surface area contributed by atoms with Gasteiger partial charge in [0.2, 0.25) is 0 Å². The normalized spacial score (nSPS) is 16.1. The van der Waals surface area contributed by atoms with Crippen LogP contribution in [0.3, 0.4) is 0 Å². The molecule has 0 aliphatic heterocycles. The van der Waals surface area contributed by atoms with E-state index in [9.17, 15) is 40.9 Å². The Hall–Kier alpha value is -5.20. The standard InChI is InChI=1S/C60H88O20/c1-69-17-21-77-29-25-73-13-5-9-41-45-33-47(55(63)37-53(45)61)42(10-6-14-74-26-30-78-22-18-70-2)49-35-51(59(67)39-57(49)65)44(12-8-16-76-28-32-80-24-20-72-4)52-36-50(58(66)40-60(52)68)43(48-34-46(41)54(62)38-56(48)64)11-7-15-75-27-31-79-23-19-71-3/h33-44,61-68H,5-32H2,1-4H3. The van der Waals surface area contributed by atoms with Crippen LogP contribution in [0.5, 0.6) is 46.0 Å². The molecule has 8 bridgehead atoms. The van der Waals surface area contributed by atoms with Crippen LogP contribution in [0.1, 0.15) is 120 Å². The Balaban J connectivity index is 1.69. The van der Waals surface area contributed by atoms with Gasteiger partial charge >= 0.3 is 0 Å². The molecule has 0 saturated carbocycles. The van der Waals surface area contributed by atoms with Gasteiger partial charge in [-0.1, -0.05) is 0 Å². The van der Waals surface area contributed by atoms with Crippen LogP contribution in [0.25, 0.3) is 0 Å². The van der Waals surface area contributed by atoms with Gasteiger partial charge in [-0.05, 0) is 75.6 Å². The first kappa shape index (κ1) is 65.6. The summed E-state index contributed by atoms with van der Waals surface area (Å²) >= 11 is 0. The molecule has 1 aliphatic rings. The molecule has 4 aromatic carbocycles. The third-order valence-corrected chi connectivity index (χ3v) is 14.0. The van der Waals surface area contributed by atoms with Gasteiger partial charge in [0, 0.05) is 147 Å². The molecule has 0 heterocycles. The number of ether oxygens (including phenoxy) is 12. The number of aromatic hydroxyl groups is 8. The van der Waals surface area contributed by atoms with Crippen molar-refractivity contribution in [2.24, 2.45) is 0 Å². The summed E-state index contributed by atoms with van der Waals surface area (Å²) in [5.41, 5.74) is 2.68. The molecule has 8 N–H and O–H groups in total. The van der Waals surface area contributed by atoms with Crippen molar-refractivity contribution in [3.63, 3.8) is 0 Å². The molecule has 20 heteroatoms. The quantitative estimate of drug-likeness (QED) is 0.0196. The second-order valence-electron chi connectivity index (χ2n) is 19.5. The SMILES string of the molecule is COCCOCCOCCCC1c2cc(c(O)cc2O)C(CCCOCCOCCOC)c2cc(c(O)cc2O)C(CCCOCCOCCOC)c2cc(c(O)cc2O)C(CCCOCCOCCOC)c2cc1c(O)cc2O. The Bertz CT molecular complexity index is 1960. The van der Waals surface area contributed by atoms with Crippen LogP contribution in [-0.4, -0.2) is 201 Å². The smallest absolute Gasteiger partial charge is 0.123 e. The Morgan fingerprint density at radius 2 is 0.375 bits per heavy atom. The van der Waals surface area contributed by atoms with E-state index in [4.69, 9.17) is 56.8 Å². The first-order valence-electron chi connectivity index (χ1n) is 27.8. The van der Waals surface area contributed by atoms with Crippen LogP contribution in [0.2, 0.25) is 0 Å². The van der Waals surface area contributed by atoms with E-state index in [2.05, 4.69) is 0 Å². The maximum Gasteiger partial charge on any atom is 0.123 e. The van der Waals surface area contributed by atoms with Crippen LogP contribution in [0, 0.1) is 0 Å². The number of rotatable bonds is 40. The first-order chi connectivity index (χ1) is 38.9. The van der Waals surface area contributed by atoms with E-state index in [0.29, 0.717) is 202 Å². The van der Waals surface area contributed by atoms with Crippen molar-refractivity contribution in [3.8, 4) is 46.0 Å². The Labute approximate surface area is 470 Å². The summed E-state index contributed by atoms with van der Waals surface area (Å²) in [7, 11) is 6.38. The van der Waals surface area contributed by atoms with Crippen LogP contribution in [0.4, 0.5) is 0 Å². The number of phenolic OH excluding ortho intramolecular Hbond substituents is 8. The van der Waals surface area contributed by atoms with Crippen LogP contribution in [-0.2, 0) is 56.8 Å². The molecule has 80 heavy (non-hydrogen) atoms. The highest BCUT2D eigenvalue weighted by Gasteiger charge is 2.33. The lowest BCUT2D eigenvalue weighted by Gasteiger charge is -2.29. The molecular weight excluding hydrogens is 1040 g/mol. The van der Waals surface area contributed by atoms with Crippen molar-refractivity contribution >= 4 is 0 Å². The summed E-state index contributed by atoms with van der Waals surface area (Å²) in [4.78, 5) is 0. The largest absolute Gasteiger partial charge is 0.508 e. The number of hydrogen-bond acceptors (Lipinski definition) is 20. The van der Waals surface area contributed by atoms with Gasteiger partial charge in [-0.3, -0.25) is 0 Å². The Kier molecular flexibility index (Phi) is 30.4. The number of benzene rings is 4. The molecule has 20 nitrogen and oxygen atoms in total. The van der Waals surface area contributed by atoms with E-state index < -0.39 is 23.7 Å². The molecule has 0 saturated heterocycles. The lowest BCUT2D eigenvalue weighted by atomic mass is 9.76. The van der Waals surface area contributed by atoms with Gasteiger partial charge < -0.3 is 97.7 Å². The average Bonchev–Trinajstić information content (AvgIpc) is 3.53. The molecule has 448 valence electrons. The van der Waals surface area contributed by atoms with Gasteiger partial charge in [-0.25, -0.2) is 0 Å². The highest BCUT2D eigenvalue weighted by molar-refractivity contribution is 5.62. The molecule has 0 amide bonds. The van der Waals surface area contributed by atoms with Crippen molar-refractivity contribution in [2.75, 3.05) is 161 Å². The molecule has 0 unspecified atom stereocenters. The third-order valence-electron chi connectivity index (χ3n) is 14.0. The minimum atomic E-state index is -0.788. The van der Waals surface area contributed by atoms with Crippen molar-refractivity contribution in [1.29, 1.82) is 0 Å². The summed E-state index contributed by atoms with van der Waals surface area (Å²) in [6.07, 6.45) is 2.91. The maximum absolute atomic E-state index is 12.0. The van der Waals surface area contributed by atoms with Gasteiger partial charge in [0.05, 0.1) is 106 Å². The van der Waals surface area contributed by atoms with Crippen molar-refractivity contribution in [1.82, 2.24) is 0 Å². The van der Waals surface area contributed by atoms with Crippen molar-refractivity contribution < 1.29 is 97.7 Å². The van der Waals surface area contributed by atoms with Gasteiger partial charge in [-0.15, -0.1) is 0 Å². The zero-order valence-electron chi connectivity index (χ0n) is 47.2. The summed E-state index contributed by atoms with van der Waals surface area (Å²) in [5.74, 6) is -5.30. The van der Waals surface area contributed by atoms with Gasteiger partial charge in [0.25, 0.3) is 0 Å². The number of hydrogen-bond donors (Lipinski definition) is 8. The Morgan fingerprint density at radius 1 is 0.225 bits per heavy atom. The predicted molar refractivity (Wildman–Crippen MR) is 297 cm³/mol. The number of fused-ring (bicyclic) bond motifs is 8. The van der Waals surface area contributed by atoms with E-state index >= 15 is 0 Å².